The molecule has 6 nitrogen and oxygen atoms in total. The van der Waals surface area contributed by atoms with Gasteiger partial charge in [0.05, 0.1) is 0 Å². The fourth-order valence-corrected chi connectivity index (χ4v) is 1.43. The molecule has 0 radical (unpaired) electrons. The van der Waals surface area contributed by atoms with Crippen LogP contribution in [0.1, 0.15) is 33.6 Å². The maximum Gasteiger partial charge on any atom is 0.435 e. The molecule has 2 amide bonds. The summed E-state index contributed by atoms with van der Waals surface area (Å²) in [5, 5.41) is 12.5. The van der Waals surface area contributed by atoms with E-state index in [0.717, 1.165) is 6.42 Å². The Bertz CT molecular complexity index is 285. The molecule has 1 saturated heterocycles. The topological polar surface area (TPSA) is 78.9 Å². The van der Waals surface area contributed by atoms with Gasteiger partial charge in [-0.3, -0.25) is 10.0 Å². The molecule has 2 N–H and O–H groups in total. The molecule has 1 rings (SSSR count). The molecule has 1 aliphatic heterocycles. The van der Waals surface area contributed by atoms with Gasteiger partial charge in [0.2, 0.25) is 5.91 Å². The van der Waals surface area contributed by atoms with Crippen LogP contribution in [0, 0.1) is 0 Å². The highest BCUT2D eigenvalue weighted by Crippen LogP contribution is 2.14. The number of rotatable bonds is 1. The fraction of sp³-hybridized carbons (Fsp3) is 0.800. The van der Waals surface area contributed by atoms with Crippen LogP contribution < -0.4 is 5.32 Å². The average Bonchev–Trinajstić information content (AvgIpc) is 2.15. The van der Waals surface area contributed by atoms with E-state index >= 15 is 0 Å². The second kappa shape index (κ2) is 4.69. The summed E-state index contributed by atoms with van der Waals surface area (Å²) in [5.74, 6) is -0.348. The summed E-state index contributed by atoms with van der Waals surface area (Å²) >= 11 is 0. The van der Waals surface area contributed by atoms with Crippen molar-refractivity contribution in [2.45, 2.75) is 45.3 Å². The molecule has 0 spiro atoms. The monoisotopic (exact) mass is 230 g/mol. The Morgan fingerprint density at radius 3 is 2.69 bits per heavy atom. The number of amides is 2. The molecule has 1 heterocycles. The number of ether oxygens (including phenoxy) is 1. The van der Waals surface area contributed by atoms with Gasteiger partial charge < -0.3 is 10.1 Å². The summed E-state index contributed by atoms with van der Waals surface area (Å²) in [7, 11) is 0. The number of hydrogen-bond donors (Lipinski definition) is 2. The second-order valence-corrected chi connectivity index (χ2v) is 4.77. The Balaban J connectivity index is 2.59. The van der Waals surface area contributed by atoms with Gasteiger partial charge in [-0.2, -0.15) is 5.06 Å². The average molecular weight is 230 g/mol. The lowest BCUT2D eigenvalue weighted by atomic mass is 10.1. The molecule has 6 heteroatoms. The first-order valence-corrected chi connectivity index (χ1v) is 5.30. The first-order valence-electron chi connectivity index (χ1n) is 5.30. The van der Waals surface area contributed by atoms with Crippen LogP contribution in [0.3, 0.4) is 0 Å². The molecule has 1 aliphatic rings. The molecule has 1 unspecified atom stereocenters. The normalized spacial score (nSPS) is 21.2. The highest BCUT2D eigenvalue weighted by atomic mass is 16.6. The van der Waals surface area contributed by atoms with E-state index in [1.165, 1.54) is 0 Å². The number of piperidine rings is 1. The zero-order valence-electron chi connectivity index (χ0n) is 9.82. The molecule has 1 fully saturated rings. The van der Waals surface area contributed by atoms with Crippen molar-refractivity contribution >= 4 is 12.0 Å². The lowest BCUT2D eigenvalue weighted by Crippen LogP contribution is -2.52. The summed E-state index contributed by atoms with van der Waals surface area (Å²) in [6, 6.07) is -0.844. The van der Waals surface area contributed by atoms with E-state index in [0.29, 0.717) is 18.0 Å². The third-order valence-corrected chi connectivity index (χ3v) is 2.13. The number of hydrogen-bond acceptors (Lipinski definition) is 4. The van der Waals surface area contributed by atoms with Crippen LogP contribution in [-0.4, -0.2) is 40.5 Å². The van der Waals surface area contributed by atoms with Crippen molar-refractivity contribution in [3.8, 4) is 0 Å². The molecule has 0 saturated carbocycles. The summed E-state index contributed by atoms with van der Waals surface area (Å²) in [6.45, 7) is 5.66. The van der Waals surface area contributed by atoms with Gasteiger partial charge in [-0.1, -0.05) is 0 Å². The smallest absolute Gasteiger partial charge is 0.435 e. The molecule has 0 aromatic carbocycles. The first-order chi connectivity index (χ1) is 7.31. The SMILES string of the molecule is CC(C)(C)OC(=O)N(O)C1CCCNC1=O. The highest BCUT2D eigenvalue weighted by Gasteiger charge is 2.33. The minimum absolute atomic E-state index is 0.348. The molecular formula is C10H18N2O4. The predicted octanol–water partition coefficient (Wildman–Crippen LogP) is 0.891. The zero-order chi connectivity index (χ0) is 12.3. The lowest BCUT2D eigenvalue weighted by molar-refractivity contribution is -0.153. The van der Waals surface area contributed by atoms with E-state index in [-0.39, 0.29) is 5.91 Å². The van der Waals surface area contributed by atoms with Crippen LogP contribution in [0.4, 0.5) is 4.79 Å². The molecule has 0 aliphatic carbocycles. The lowest BCUT2D eigenvalue weighted by Gasteiger charge is -2.30. The van der Waals surface area contributed by atoms with E-state index < -0.39 is 17.7 Å². The molecule has 1 atom stereocenters. The summed E-state index contributed by atoms with van der Waals surface area (Å²) in [4.78, 5) is 22.9. The highest BCUT2D eigenvalue weighted by molar-refractivity contribution is 5.85. The van der Waals surface area contributed by atoms with E-state index in [2.05, 4.69) is 5.32 Å². The van der Waals surface area contributed by atoms with Crippen LogP contribution in [0.25, 0.3) is 0 Å². The first kappa shape index (κ1) is 12.8. The van der Waals surface area contributed by atoms with Gasteiger partial charge in [-0.25, -0.2) is 4.79 Å². The third kappa shape index (κ3) is 3.37. The minimum Gasteiger partial charge on any atom is -0.442 e. The Morgan fingerprint density at radius 1 is 1.56 bits per heavy atom. The van der Waals surface area contributed by atoms with E-state index in [4.69, 9.17) is 4.74 Å². The number of carbonyl (C=O) groups is 2. The van der Waals surface area contributed by atoms with Crippen molar-refractivity contribution in [2.24, 2.45) is 0 Å². The van der Waals surface area contributed by atoms with Crippen molar-refractivity contribution in [1.82, 2.24) is 10.4 Å². The standard InChI is InChI=1S/C10H18N2O4/c1-10(2,3)16-9(14)12(15)7-5-4-6-11-8(7)13/h7,15H,4-6H2,1-3H3,(H,11,13). The fourth-order valence-electron chi connectivity index (χ4n) is 1.43. The van der Waals surface area contributed by atoms with Crippen LogP contribution in [-0.2, 0) is 9.53 Å². The van der Waals surface area contributed by atoms with Crippen LogP contribution in [0.5, 0.6) is 0 Å². The summed E-state index contributed by atoms with van der Waals surface area (Å²) in [5.41, 5.74) is -0.691. The quantitative estimate of drug-likeness (QED) is 0.518. The van der Waals surface area contributed by atoms with Crippen LogP contribution in [0.15, 0.2) is 0 Å². The molecule has 0 aromatic heterocycles. The van der Waals surface area contributed by atoms with E-state index in [9.17, 15) is 14.8 Å². The molecular weight excluding hydrogens is 212 g/mol. The number of nitrogens with one attached hydrogen (secondary N) is 1. The number of hydroxylamine groups is 2. The molecule has 16 heavy (non-hydrogen) atoms. The Kier molecular flexibility index (Phi) is 3.74. The van der Waals surface area contributed by atoms with Crippen molar-refractivity contribution in [3.05, 3.63) is 0 Å². The molecule has 0 aromatic rings. The van der Waals surface area contributed by atoms with Crippen molar-refractivity contribution in [1.29, 1.82) is 0 Å². The van der Waals surface area contributed by atoms with Crippen LogP contribution >= 0.6 is 0 Å². The van der Waals surface area contributed by atoms with E-state index in [1.807, 2.05) is 0 Å². The van der Waals surface area contributed by atoms with Gasteiger partial charge in [-0.05, 0) is 33.6 Å². The largest absolute Gasteiger partial charge is 0.442 e. The maximum absolute atomic E-state index is 11.5. The Labute approximate surface area is 94.5 Å². The second-order valence-electron chi connectivity index (χ2n) is 4.77. The van der Waals surface area contributed by atoms with Gasteiger partial charge in [0.15, 0.2) is 0 Å². The third-order valence-electron chi connectivity index (χ3n) is 2.13. The minimum atomic E-state index is -0.894. The number of nitrogens with zero attached hydrogens (tertiary/aromatic N) is 1. The van der Waals surface area contributed by atoms with Crippen molar-refractivity contribution in [2.75, 3.05) is 6.54 Å². The van der Waals surface area contributed by atoms with Gasteiger partial charge in [0.1, 0.15) is 11.6 Å². The Hall–Kier alpha value is -1.30. The molecule has 0 bridgehead atoms. The van der Waals surface area contributed by atoms with E-state index in [1.54, 1.807) is 20.8 Å². The van der Waals surface area contributed by atoms with Gasteiger partial charge >= 0.3 is 6.09 Å². The summed E-state index contributed by atoms with van der Waals surface area (Å²) in [6.07, 6.45) is 0.284. The van der Waals surface area contributed by atoms with Crippen LogP contribution in [0.2, 0.25) is 0 Å². The van der Waals surface area contributed by atoms with Gasteiger partial charge in [-0.15, -0.1) is 0 Å². The molecule has 92 valence electrons. The zero-order valence-corrected chi connectivity index (χ0v) is 9.82. The van der Waals surface area contributed by atoms with Gasteiger partial charge in [0, 0.05) is 6.54 Å². The predicted molar refractivity (Wildman–Crippen MR) is 55.9 cm³/mol. The number of carbonyl (C=O) groups excluding carboxylic acids is 2. The Morgan fingerprint density at radius 2 is 2.19 bits per heavy atom. The van der Waals surface area contributed by atoms with Crippen molar-refractivity contribution in [3.63, 3.8) is 0 Å². The summed E-state index contributed by atoms with van der Waals surface area (Å²) < 4.78 is 4.96. The maximum atomic E-state index is 11.5. The van der Waals surface area contributed by atoms with Crippen molar-refractivity contribution < 1.29 is 19.5 Å². The van der Waals surface area contributed by atoms with Gasteiger partial charge in [0.25, 0.3) is 0 Å².